The summed E-state index contributed by atoms with van der Waals surface area (Å²) in [5.41, 5.74) is 6.88. The van der Waals surface area contributed by atoms with Gasteiger partial charge in [0, 0.05) is 17.1 Å². The largest absolute Gasteiger partial charge is 0.396 e. The summed E-state index contributed by atoms with van der Waals surface area (Å²) in [6, 6.07) is 8.76. The summed E-state index contributed by atoms with van der Waals surface area (Å²) < 4.78 is 29.1. The van der Waals surface area contributed by atoms with E-state index in [1.165, 1.54) is 22.8 Å². The highest BCUT2D eigenvalue weighted by atomic mass is 35.5. The van der Waals surface area contributed by atoms with Crippen LogP contribution < -0.4 is 11.3 Å². The lowest BCUT2D eigenvalue weighted by Crippen LogP contribution is -2.24. The molecule has 4 aromatic rings. The molecule has 0 bridgehead atoms. The third-order valence-corrected chi connectivity index (χ3v) is 5.59. The molecule has 0 aliphatic carbocycles. The maximum absolute atomic E-state index is 14.0. The SMILES string of the molecule is Cc1ccnc(C(C)C)c1-n1c(=O)c(C#N)cc2cc(Cl)c(-c3cc(N)c(F)c(F)c3)nc21. The molecule has 4 rings (SSSR count). The Morgan fingerprint density at radius 1 is 1.21 bits per heavy atom. The monoisotopic (exact) mass is 465 g/mol. The van der Waals surface area contributed by atoms with Crippen LogP contribution in [-0.4, -0.2) is 14.5 Å². The van der Waals surface area contributed by atoms with Gasteiger partial charge in [0.2, 0.25) is 0 Å². The van der Waals surface area contributed by atoms with E-state index >= 15 is 0 Å². The molecule has 9 heteroatoms. The van der Waals surface area contributed by atoms with Gasteiger partial charge < -0.3 is 5.73 Å². The Bertz CT molecular complexity index is 1520. The van der Waals surface area contributed by atoms with Crippen molar-refractivity contribution in [3.8, 4) is 23.0 Å². The molecule has 1 aromatic carbocycles. The van der Waals surface area contributed by atoms with Gasteiger partial charge >= 0.3 is 0 Å². The molecule has 0 atom stereocenters. The number of nitrogen functional groups attached to an aromatic ring is 1. The van der Waals surface area contributed by atoms with Crippen molar-refractivity contribution in [2.45, 2.75) is 26.7 Å². The van der Waals surface area contributed by atoms with Crippen molar-refractivity contribution in [2.75, 3.05) is 5.73 Å². The van der Waals surface area contributed by atoms with Crippen LogP contribution in [0, 0.1) is 29.9 Å². The number of nitriles is 1. The Morgan fingerprint density at radius 2 is 1.94 bits per heavy atom. The van der Waals surface area contributed by atoms with Crippen molar-refractivity contribution >= 4 is 28.3 Å². The van der Waals surface area contributed by atoms with Gasteiger partial charge in [-0.3, -0.25) is 14.3 Å². The van der Waals surface area contributed by atoms with Crippen molar-refractivity contribution in [3.63, 3.8) is 0 Å². The lowest BCUT2D eigenvalue weighted by atomic mass is 10.0. The fourth-order valence-corrected chi connectivity index (χ4v) is 4.00. The van der Waals surface area contributed by atoms with Gasteiger partial charge in [-0.05, 0) is 48.7 Å². The molecule has 3 heterocycles. The molecule has 0 saturated heterocycles. The number of pyridine rings is 3. The number of aromatic nitrogens is 3. The highest BCUT2D eigenvalue weighted by Gasteiger charge is 2.21. The number of nitrogens with zero attached hydrogens (tertiary/aromatic N) is 4. The second-order valence-electron chi connectivity index (χ2n) is 7.92. The number of hydrogen-bond donors (Lipinski definition) is 1. The third-order valence-electron chi connectivity index (χ3n) is 5.30. The summed E-state index contributed by atoms with van der Waals surface area (Å²) in [5, 5.41) is 10.1. The third kappa shape index (κ3) is 3.70. The first-order chi connectivity index (χ1) is 15.6. The Hall–Kier alpha value is -3.83. The van der Waals surface area contributed by atoms with Crippen LogP contribution in [0.2, 0.25) is 5.02 Å². The number of aryl methyl sites for hydroxylation is 1. The van der Waals surface area contributed by atoms with Crippen LogP contribution in [0.4, 0.5) is 14.5 Å². The van der Waals surface area contributed by atoms with E-state index in [0.29, 0.717) is 16.8 Å². The zero-order valence-electron chi connectivity index (χ0n) is 17.9. The Morgan fingerprint density at radius 3 is 2.58 bits per heavy atom. The van der Waals surface area contributed by atoms with Gasteiger partial charge in [-0.2, -0.15) is 5.26 Å². The quantitative estimate of drug-likeness (QED) is 0.416. The Labute approximate surface area is 192 Å². The molecule has 0 unspecified atom stereocenters. The molecule has 6 nitrogen and oxygen atoms in total. The molecule has 3 aromatic heterocycles. The van der Waals surface area contributed by atoms with Crippen molar-refractivity contribution in [3.05, 3.63) is 80.4 Å². The van der Waals surface area contributed by atoms with Crippen molar-refractivity contribution < 1.29 is 8.78 Å². The van der Waals surface area contributed by atoms with Crippen LogP contribution >= 0.6 is 11.6 Å². The maximum atomic E-state index is 14.0. The van der Waals surface area contributed by atoms with E-state index in [2.05, 4.69) is 9.97 Å². The topological polar surface area (TPSA) is 97.6 Å². The van der Waals surface area contributed by atoms with Crippen molar-refractivity contribution in [1.29, 1.82) is 5.26 Å². The van der Waals surface area contributed by atoms with Crippen LogP contribution in [0.3, 0.4) is 0 Å². The zero-order chi connectivity index (χ0) is 24.0. The van der Waals surface area contributed by atoms with Gasteiger partial charge in [-0.1, -0.05) is 25.4 Å². The lowest BCUT2D eigenvalue weighted by Gasteiger charge is -2.19. The minimum Gasteiger partial charge on any atom is -0.396 e. The fraction of sp³-hybridized carbons (Fsp3) is 0.167. The predicted octanol–water partition coefficient (Wildman–Crippen LogP) is 5.27. The van der Waals surface area contributed by atoms with E-state index in [9.17, 15) is 18.8 Å². The van der Waals surface area contributed by atoms with Crippen LogP contribution in [0.5, 0.6) is 0 Å². The smallest absolute Gasteiger partial charge is 0.274 e. The molecule has 0 aliphatic rings. The first-order valence-electron chi connectivity index (χ1n) is 10.0. The molecule has 0 spiro atoms. The van der Waals surface area contributed by atoms with Crippen LogP contribution in [0.25, 0.3) is 28.0 Å². The molecular formula is C24H18ClF2N5O. The lowest BCUT2D eigenvalue weighted by molar-refractivity contribution is 0.512. The highest BCUT2D eigenvalue weighted by molar-refractivity contribution is 6.33. The average Bonchev–Trinajstić information content (AvgIpc) is 2.77. The molecule has 0 aliphatic heterocycles. The fourth-order valence-electron chi connectivity index (χ4n) is 3.73. The summed E-state index contributed by atoms with van der Waals surface area (Å²) in [5.74, 6) is -2.35. The Balaban J connectivity index is 2.17. The number of fused-ring (bicyclic) bond motifs is 1. The number of halogens is 3. The van der Waals surface area contributed by atoms with E-state index in [1.807, 2.05) is 26.8 Å². The number of nitrogens with two attached hydrogens (primary N) is 1. The summed E-state index contributed by atoms with van der Waals surface area (Å²) >= 11 is 6.43. The number of anilines is 1. The van der Waals surface area contributed by atoms with Gasteiger partial charge in [0.15, 0.2) is 11.6 Å². The first kappa shape index (κ1) is 22.4. The number of benzene rings is 1. The standard InChI is InChI=1S/C24H18ClF2N5O/c1-11(2)20-22(12(3)4-5-30-20)32-23-14(6-15(10-28)24(32)33)7-16(25)21(31-23)13-8-17(26)19(27)18(29)9-13/h4-9,11H,29H2,1-3H3. The van der Waals surface area contributed by atoms with Crippen LogP contribution in [0.15, 0.2) is 41.3 Å². The number of hydrogen-bond acceptors (Lipinski definition) is 5. The van der Waals surface area contributed by atoms with E-state index < -0.39 is 22.9 Å². The normalized spacial score (nSPS) is 11.2. The Kier molecular flexibility index (Phi) is 5.60. The van der Waals surface area contributed by atoms with E-state index in [0.717, 1.165) is 11.6 Å². The van der Waals surface area contributed by atoms with Crippen molar-refractivity contribution in [2.24, 2.45) is 0 Å². The molecule has 0 saturated carbocycles. The highest BCUT2D eigenvalue weighted by Crippen LogP contribution is 2.33. The van der Waals surface area contributed by atoms with Crippen molar-refractivity contribution in [1.82, 2.24) is 14.5 Å². The minimum absolute atomic E-state index is 0.0367. The minimum atomic E-state index is -1.17. The second-order valence-corrected chi connectivity index (χ2v) is 8.33. The van der Waals surface area contributed by atoms with Gasteiger partial charge in [0.25, 0.3) is 5.56 Å². The predicted molar refractivity (Wildman–Crippen MR) is 123 cm³/mol. The van der Waals surface area contributed by atoms with Crippen LogP contribution in [0.1, 0.15) is 36.6 Å². The van der Waals surface area contributed by atoms with Gasteiger partial charge in [0.1, 0.15) is 17.3 Å². The summed E-state index contributed by atoms with van der Waals surface area (Å²) in [6.45, 7) is 5.70. The van der Waals surface area contributed by atoms with E-state index in [4.69, 9.17) is 17.3 Å². The van der Waals surface area contributed by atoms with Gasteiger partial charge in [0.05, 0.1) is 27.8 Å². The first-order valence-corrected chi connectivity index (χ1v) is 10.4. The van der Waals surface area contributed by atoms with E-state index in [-0.39, 0.29) is 33.4 Å². The average molecular weight is 466 g/mol. The summed E-state index contributed by atoms with van der Waals surface area (Å²) in [7, 11) is 0. The molecule has 0 amide bonds. The summed E-state index contributed by atoms with van der Waals surface area (Å²) in [4.78, 5) is 22.3. The molecular weight excluding hydrogens is 448 g/mol. The van der Waals surface area contributed by atoms with Crippen LogP contribution in [-0.2, 0) is 0 Å². The van der Waals surface area contributed by atoms with Gasteiger partial charge in [-0.25, -0.2) is 13.8 Å². The molecule has 0 radical (unpaired) electrons. The van der Waals surface area contributed by atoms with E-state index in [1.54, 1.807) is 12.3 Å². The summed E-state index contributed by atoms with van der Waals surface area (Å²) in [6.07, 6.45) is 1.65. The second kappa shape index (κ2) is 8.26. The number of rotatable bonds is 3. The van der Waals surface area contributed by atoms with Gasteiger partial charge in [-0.15, -0.1) is 0 Å². The molecule has 0 fully saturated rings. The zero-order valence-corrected chi connectivity index (χ0v) is 18.7. The molecule has 166 valence electrons. The molecule has 33 heavy (non-hydrogen) atoms. The maximum Gasteiger partial charge on any atom is 0.274 e. The molecule has 2 N–H and O–H groups in total.